The van der Waals surface area contributed by atoms with Gasteiger partial charge < -0.3 is 15.4 Å². The van der Waals surface area contributed by atoms with Gasteiger partial charge in [-0.3, -0.25) is 9.59 Å². The van der Waals surface area contributed by atoms with E-state index in [-0.39, 0.29) is 17.7 Å². The SMILES string of the molecule is CNC(=O)c1ccc2c(C[C@H]3C4CCC(CC4)[C@@H]3C(=O)O)nc(-c3c[nH]c4ncc(F)cc34)nn12. The number of H-pyrrole nitrogens is 1. The number of carboxylic acids is 1. The molecule has 0 aliphatic heterocycles. The molecule has 3 N–H and O–H groups in total. The molecule has 3 aliphatic rings. The Morgan fingerprint density at radius 1 is 1.23 bits per heavy atom. The first-order valence-corrected chi connectivity index (χ1v) is 11.9. The predicted molar refractivity (Wildman–Crippen MR) is 125 cm³/mol. The first-order chi connectivity index (χ1) is 16.9. The summed E-state index contributed by atoms with van der Waals surface area (Å²) in [6, 6.07) is 4.86. The van der Waals surface area contributed by atoms with Gasteiger partial charge >= 0.3 is 5.97 Å². The largest absolute Gasteiger partial charge is 0.481 e. The third-order valence-electron chi connectivity index (χ3n) is 7.89. The number of aliphatic carboxylic acids is 1. The van der Waals surface area contributed by atoms with Crippen LogP contribution in [0.4, 0.5) is 4.39 Å². The Hall–Kier alpha value is -3.82. The fourth-order valence-electron chi connectivity index (χ4n) is 6.26. The summed E-state index contributed by atoms with van der Waals surface area (Å²) in [7, 11) is 1.55. The molecule has 10 heteroatoms. The molecule has 3 aliphatic carbocycles. The van der Waals surface area contributed by atoms with Crippen molar-refractivity contribution < 1.29 is 19.1 Å². The Labute approximate surface area is 199 Å². The second kappa shape index (κ2) is 8.14. The topological polar surface area (TPSA) is 125 Å². The number of aromatic amines is 1. The highest BCUT2D eigenvalue weighted by molar-refractivity contribution is 5.94. The molecule has 4 aromatic rings. The molecule has 7 rings (SSSR count). The maximum absolute atomic E-state index is 14.0. The minimum Gasteiger partial charge on any atom is -0.481 e. The van der Waals surface area contributed by atoms with Gasteiger partial charge in [0.05, 0.1) is 23.3 Å². The van der Waals surface area contributed by atoms with E-state index in [1.54, 1.807) is 29.9 Å². The summed E-state index contributed by atoms with van der Waals surface area (Å²) in [6.07, 6.45) is 7.27. The van der Waals surface area contributed by atoms with Gasteiger partial charge in [-0.2, -0.15) is 0 Å². The number of nitrogens with zero attached hydrogens (tertiary/aromatic N) is 4. The summed E-state index contributed by atoms with van der Waals surface area (Å²) in [5, 5.41) is 17.8. The summed E-state index contributed by atoms with van der Waals surface area (Å²) in [5.74, 6) is -1.11. The van der Waals surface area contributed by atoms with Gasteiger partial charge in [-0.05, 0) is 68.1 Å². The second-order valence-corrected chi connectivity index (χ2v) is 9.64. The average molecular weight is 477 g/mol. The number of carbonyl (C=O) groups excluding carboxylic acids is 1. The number of fused-ring (bicyclic) bond motifs is 5. The van der Waals surface area contributed by atoms with Gasteiger partial charge in [0.25, 0.3) is 5.91 Å². The Balaban J connectivity index is 1.52. The van der Waals surface area contributed by atoms with Crippen molar-refractivity contribution >= 4 is 28.4 Å². The molecule has 1 amide bonds. The highest BCUT2D eigenvalue weighted by Gasteiger charge is 2.47. The van der Waals surface area contributed by atoms with E-state index in [9.17, 15) is 19.1 Å². The molecule has 4 heterocycles. The highest BCUT2D eigenvalue weighted by Crippen LogP contribution is 2.50. The first kappa shape index (κ1) is 21.7. The number of rotatable bonds is 5. The van der Waals surface area contributed by atoms with Crippen molar-refractivity contribution in [2.24, 2.45) is 23.7 Å². The number of hydrogen-bond donors (Lipinski definition) is 3. The predicted octanol–water partition coefficient (Wildman–Crippen LogP) is 3.45. The fourth-order valence-corrected chi connectivity index (χ4v) is 6.26. The summed E-state index contributed by atoms with van der Waals surface area (Å²) in [5.41, 5.74) is 2.76. The molecular formula is C25H25FN6O3. The molecule has 0 radical (unpaired) electrons. The lowest BCUT2D eigenvalue weighted by Crippen LogP contribution is -2.45. The van der Waals surface area contributed by atoms with E-state index in [2.05, 4.69) is 20.4 Å². The minimum atomic E-state index is -0.741. The van der Waals surface area contributed by atoms with Gasteiger partial charge in [0.15, 0.2) is 5.82 Å². The average Bonchev–Trinajstić information content (AvgIpc) is 3.48. The molecule has 180 valence electrons. The smallest absolute Gasteiger partial charge is 0.307 e. The molecule has 35 heavy (non-hydrogen) atoms. The molecule has 3 saturated carbocycles. The molecule has 0 spiro atoms. The van der Waals surface area contributed by atoms with Gasteiger partial charge in [-0.15, -0.1) is 5.10 Å². The molecule has 2 atom stereocenters. The fraction of sp³-hybridized carbons (Fsp3) is 0.400. The van der Waals surface area contributed by atoms with Crippen molar-refractivity contribution in [3.63, 3.8) is 0 Å². The van der Waals surface area contributed by atoms with Crippen LogP contribution in [0.3, 0.4) is 0 Å². The number of halogens is 1. The monoisotopic (exact) mass is 476 g/mol. The van der Waals surface area contributed by atoms with E-state index in [0.717, 1.165) is 31.9 Å². The summed E-state index contributed by atoms with van der Waals surface area (Å²) in [6.45, 7) is 0. The molecule has 9 nitrogen and oxygen atoms in total. The van der Waals surface area contributed by atoms with Crippen LogP contribution in [0.25, 0.3) is 27.9 Å². The maximum atomic E-state index is 14.0. The van der Waals surface area contributed by atoms with Crippen LogP contribution in [0.1, 0.15) is 41.9 Å². The Kier molecular flexibility index (Phi) is 5.05. The first-order valence-electron chi connectivity index (χ1n) is 11.9. The standard InChI is InChI=1S/C25H25FN6O3/c1-27-24(33)20-7-6-19-18(9-15-12-2-4-13(5-3-12)21(15)25(34)35)30-23(31-32(19)20)17-11-29-22-16(17)8-14(26)10-28-22/h6-8,10-13,15,21H,2-5,9H2,1H3,(H,27,33)(H,28,29)(H,34,35)/t12?,13?,15-,21-/m0/s1. The van der Waals surface area contributed by atoms with Gasteiger partial charge in [-0.1, -0.05) is 0 Å². The zero-order valence-corrected chi connectivity index (χ0v) is 19.2. The number of nitrogens with one attached hydrogen (secondary N) is 2. The number of carboxylic acid groups (broad SMARTS) is 1. The van der Waals surface area contributed by atoms with Crippen LogP contribution in [-0.2, 0) is 11.2 Å². The molecule has 0 unspecified atom stereocenters. The quantitative estimate of drug-likeness (QED) is 0.405. The van der Waals surface area contributed by atoms with E-state index >= 15 is 0 Å². The molecular weight excluding hydrogens is 451 g/mol. The summed E-state index contributed by atoms with van der Waals surface area (Å²) < 4.78 is 15.5. The summed E-state index contributed by atoms with van der Waals surface area (Å²) >= 11 is 0. The van der Waals surface area contributed by atoms with Crippen molar-refractivity contribution in [1.29, 1.82) is 0 Å². The van der Waals surface area contributed by atoms with Crippen LogP contribution in [0.5, 0.6) is 0 Å². The number of amides is 1. The number of pyridine rings is 1. The van der Waals surface area contributed by atoms with E-state index in [0.29, 0.717) is 51.7 Å². The van der Waals surface area contributed by atoms with Crippen LogP contribution in [0.2, 0.25) is 0 Å². The van der Waals surface area contributed by atoms with E-state index in [4.69, 9.17) is 4.98 Å². The lowest BCUT2D eigenvalue weighted by molar-refractivity contribution is -0.152. The molecule has 2 bridgehead atoms. The zero-order chi connectivity index (χ0) is 24.3. The van der Waals surface area contributed by atoms with Gasteiger partial charge in [0.1, 0.15) is 17.2 Å². The Morgan fingerprint density at radius 2 is 2.00 bits per heavy atom. The zero-order valence-electron chi connectivity index (χ0n) is 19.2. The minimum absolute atomic E-state index is 0.0352. The van der Waals surface area contributed by atoms with Crippen molar-refractivity contribution in [2.75, 3.05) is 7.05 Å². The molecule has 3 fully saturated rings. The van der Waals surface area contributed by atoms with E-state index < -0.39 is 17.7 Å². The highest BCUT2D eigenvalue weighted by atomic mass is 19.1. The third kappa shape index (κ3) is 3.46. The van der Waals surface area contributed by atoms with Gasteiger partial charge in [0, 0.05) is 24.2 Å². The van der Waals surface area contributed by atoms with E-state index in [1.165, 1.54) is 6.07 Å². The van der Waals surface area contributed by atoms with Crippen LogP contribution in [0, 0.1) is 29.5 Å². The molecule has 0 saturated heterocycles. The maximum Gasteiger partial charge on any atom is 0.307 e. The van der Waals surface area contributed by atoms with Crippen molar-refractivity contribution in [3.8, 4) is 11.4 Å². The molecule has 4 aromatic heterocycles. The Morgan fingerprint density at radius 3 is 2.74 bits per heavy atom. The van der Waals surface area contributed by atoms with E-state index in [1.807, 2.05) is 0 Å². The van der Waals surface area contributed by atoms with Gasteiger partial charge in [0.2, 0.25) is 0 Å². The summed E-state index contributed by atoms with van der Waals surface area (Å²) in [4.78, 5) is 36.8. The van der Waals surface area contributed by atoms with Crippen molar-refractivity contribution in [3.05, 3.63) is 47.8 Å². The third-order valence-corrected chi connectivity index (χ3v) is 7.89. The lowest BCUT2D eigenvalue weighted by atomic mass is 9.57. The second-order valence-electron chi connectivity index (χ2n) is 9.64. The lowest BCUT2D eigenvalue weighted by Gasteiger charge is -2.46. The van der Waals surface area contributed by atoms with Gasteiger partial charge in [-0.25, -0.2) is 18.9 Å². The van der Waals surface area contributed by atoms with Crippen LogP contribution < -0.4 is 5.32 Å². The van der Waals surface area contributed by atoms with Crippen molar-refractivity contribution in [1.82, 2.24) is 29.9 Å². The van der Waals surface area contributed by atoms with Crippen LogP contribution >= 0.6 is 0 Å². The van der Waals surface area contributed by atoms with Crippen molar-refractivity contribution in [2.45, 2.75) is 32.1 Å². The van der Waals surface area contributed by atoms with Crippen LogP contribution in [0.15, 0.2) is 30.6 Å². The number of hydrogen-bond acceptors (Lipinski definition) is 5. The number of aromatic nitrogens is 5. The molecule has 0 aromatic carbocycles. The Bertz CT molecular complexity index is 1470. The number of carbonyl (C=O) groups is 2. The van der Waals surface area contributed by atoms with Crippen LogP contribution in [-0.4, -0.2) is 48.6 Å². The normalized spacial score (nSPS) is 23.7.